The molecule has 0 spiro atoms. The summed E-state index contributed by atoms with van der Waals surface area (Å²) < 4.78 is 16.2. The highest BCUT2D eigenvalue weighted by Gasteiger charge is 2.22. The third-order valence-corrected chi connectivity index (χ3v) is 24.9. The molecule has 8 rings (SSSR count). The average Bonchev–Trinajstić information content (AvgIpc) is 1.77. The summed E-state index contributed by atoms with van der Waals surface area (Å²) in [6, 6.07) is 0.341. The summed E-state index contributed by atoms with van der Waals surface area (Å²) in [6.07, 6.45) is 71.4. The Balaban J connectivity index is 0.000000800. The lowest BCUT2D eigenvalue weighted by atomic mass is 10.0. The molecular formula is C116H225N24+. The predicted octanol–water partition coefficient (Wildman–Crippen LogP) is 31.5. The standard InChI is InChI=1S/2C16H31N3.5C14H27N3.C14H28N3/c2*1-14(2)9-5-6-11-16-13-17-18-19(16)12-8-7-10-15(3)4;2*1-12(2)7-5-9-14-11-17(16-15-14)10-6-8-13(3)4;1-12(2)7-5-6-10-17-11-14(15-16-17)9-8-13(3)4;1-12(2)7-5-6-8-14-11-17(16-15-14)10-9-13(3)4;1-12(2)8-6-5-7-9-17-11-14(15-16-17)10-13(3)4;1-12(2)8-6-5-7-9-14-11-17(16-15-14)10-13(3)4/h2*13-15H,5-12H2,1-4H3;5*11-13H,5-10H2,1-4H3;11-14H,5-10H2,1-4H3/q;;;;;;;+1. The van der Waals surface area contributed by atoms with Crippen LogP contribution in [0.2, 0.25) is 0 Å². The van der Waals surface area contributed by atoms with Gasteiger partial charge in [-0.05, 0) is 242 Å². The van der Waals surface area contributed by atoms with Crippen LogP contribution in [0.5, 0.6) is 0 Å². The van der Waals surface area contributed by atoms with Crippen LogP contribution in [-0.4, -0.2) is 128 Å². The van der Waals surface area contributed by atoms with E-state index in [2.05, 4.69) is 351 Å². The molecule has 0 aliphatic carbocycles. The van der Waals surface area contributed by atoms with Gasteiger partial charge in [-0.15, -0.1) is 40.4 Å². The van der Waals surface area contributed by atoms with Crippen LogP contribution in [0.3, 0.4) is 0 Å². The van der Waals surface area contributed by atoms with Crippen LogP contribution < -0.4 is 0 Å². The van der Waals surface area contributed by atoms with Crippen molar-refractivity contribution in [2.75, 3.05) is 6.54 Å². The maximum Gasteiger partial charge on any atom is 0.222 e. The van der Waals surface area contributed by atoms with Gasteiger partial charge in [0.2, 0.25) is 6.04 Å². The van der Waals surface area contributed by atoms with Gasteiger partial charge in [0, 0.05) is 88.3 Å². The summed E-state index contributed by atoms with van der Waals surface area (Å²) in [7, 11) is 0. The third kappa shape index (κ3) is 79.6. The summed E-state index contributed by atoms with van der Waals surface area (Å²) in [5, 5.41) is 67.0. The number of hydrogen-bond donors (Lipinski definition) is 0. The van der Waals surface area contributed by atoms with Gasteiger partial charge in [0.15, 0.2) is 0 Å². The van der Waals surface area contributed by atoms with E-state index in [1.54, 1.807) is 0 Å². The van der Waals surface area contributed by atoms with E-state index in [-0.39, 0.29) is 0 Å². The van der Waals surface area contributed by atoms with Crippen LogP contribution in [0.1, 0.15) is 499 Å². The van der Waals surface area contributed by atoms with Crippen molar-refractivity contribution in [1.29, 1.82) is 0 Å². The predicted molar refractivity (Wildman–Crippen MR) is 594 cm³/mol. The molecule has 0 amide bonds. The minimum absolute atomic E-state index is 0.341. The van der Waals surface area contributed by atoms with Crippen LogP contribution in [0.15, 0.2) is 53.7 Å². The Morgan fingerprint density at radius 1 is 0.229 bits per heavy atom. The van der Waals surface area contributed by atoms with Gasteiger partial charge in [-0.25, -0.2) is 9.36 Å². The van der Waals surface area contributed by atoms with Gasteiger partial charge in [-0.1, -0.05) is 386 Å². The molecule has 1 atom stereocenters. The number of nitrogens with zero attached hydrogens (tertiary/aromatic N) is 24. The van der Waals surface area contributed by atoms with Gasteiger partial charge < -0.3 is 0 Å². The quantitative estimate of drug-likeness (QED) is 0.0254. The van der Waals surface area contributed by atoms with Crippen molar-refractivity contribution in [3.63, 3.8) is 0 Å². The molecule has 808 valence electrons. The molecule has 0 N–H and O–H groups in total. The van der Waals surface area contributed by atoms with Gasteiger partial charge in [0.05, 0.1) is 52.3 Å². The zero-order valence-electron chi connectivity index (χ0n) is 97.4. The number of rotatable bonds is 68. The van der Waals surface area contributed by atoms with Crippen molar-refractivity contribution in [3.05, 3.63) is 83.2 Å². The molecule has 0 bridgehead atoms. The van der Waals surface area contributed by atoms with Gasteiger partial charge in [0.25, 0.3) is 0 Å². The second kappa shape index (κ2) is 83.4. The summed E-state index contributed by atoms with van der Waals surface area (Å²) in [6.45, 7) is 80.6. The zero-order chi connectivity index (χ0) is 104. The van der Waals surface area contributed by atoms with Gasteiger partial charge in [-0.3, -0.25) is 23.4 Å². The lowest BCUT2D eigenvalue weighted by Crippen LogP contribution is -2.13. The first-order valence-electron chi connectivity index (χ1n) is 57.9. The monoisotopic (exact) mass is 1950 g/mol. The first-order chi connectivity index (χ1) is 66.6. The van der Waals surface area contributed by atoms with Gasteiger partial charge in [0.1, 0.15) is 18.0 Å². The smallest absolute Gasteiger partial charge is 0.222 e. The molecule has 0 fully saturated rings. The number of unbranched alkanes of at least 4 members (excludes halogenated alkanes) is 10. The average molecular weight is 1960 g/mol. The van der Waals surface area contributed by atoms with Gasteiger partial charge >= 0.3 is 0 Å². The molecule has 8 heterocycles. The molecule has 7 aromatic rings. The molecule has 1 aliphatic rings. The molecule has 0 radical (unpaired) electrons. The highest BCUT2D eigenvalue weighted by molar-refractivity contribution is 5.59. The van der Waals surface area contributed by atoms with E-state index in [0.717, 1.165) is 215 Å². The molecule has 0 saturated carbocycles. The second-order valence-electron chi connectivity index (χ2n) is 47.9. The number of aromatic nitrogens is 21. The van der Waals surface area contributed by atoms with E-state index in [1.807, 2.05) is 40.5 Å². The zero-order valence-corrected chi connectivity index (χ0v) is 97.4. The van der Waals surface area contributed by atoms with Crippen molar-refractivity contribution < 1.29 is 4.68 Å². The first kappa shape index (κ1) is 131. The fourth-order valence-electron chi connectivity index (χ4n) is 16.2. The molecule has 0 aromatic carbocycles. The minimum atomic E-state index is 0.341. The molecule has 1 aliphatic heterocycles. The number of hydrogen-bond acceptors (Lipinski definition) is 16. The van der Waals surface area contributed by atoms with Crippen molar-refractivity contribution in [2.24, 2.45) is 105 Å². The molecule has 7 aromatic heterocycles. The van der Waals surface area contributed by atoms with E-state index in [4.69, 9.17) is 0 Å². The van der Waals surface area contributed by atoms with Crippen LogP contribution in [0.25, 0.3) is 0 Å². The molecule has 140 heavy (non-hydrogen) atoms. The highest BCUT2D eigenvalue weighted by atomic mass is 15.5. The lowest BCUT2D eigenvalue weighted by Gasteiger charge is -2.08. The van der Waals surface area contributed by atoms with Crippen molar-refractivity contribution >= 4 is 6.21 Å². The van der Waals surface area contributed by atoms with E-state index in [9.17, 15) is 0 Å². The van der Waals surface area contributed by atoms with Crippen molar-refractivity contribution in [3.8, 4) is 0 Å². The SMILES string of the molecule is CC(C)CCCCCC1C=[N+](CC(C)C)N=N1.CC(C)CCCCCn1cc(CC(C)C)nn1.CC(C)CCCCc1cn(CCC(C)C)nn1.CC(C)CCCCc1cnnn1CCCCC(C)C.CC(C)CCCCc1cnnn1CCCCC(C)C.CC(C)CCCCn1cc(CCC(C)C)nn1.CC(C)CCCc1cn(CCCC(C)C)nn1.CC(C)CCCc1cn(CCCC(C)C)nn1. The summed E-state index contributed by atoms with van der Waals surface area (Å²) in [4.78, 5) is 0. The fraction of sp³-hybridized carbons (Fsp3) is 0.871. The molecular weight excluding hydrogens is 1730 g/mol. The second-order valence-corrected chi connectivity index (χ2v) is 47.9. The van der Waals surface area contributed by atoms with Crippen LogP contribution in [-0.2, 0) is 90.8 Å². The largest absolute Gasteiger partial charge is 0.252 e. The first-order valence-corrected chi connectivity index (χ1v) is 57.9. The van der Waals surface area contributed by atoms with Crippen LogP contribution in [0.4, 0.5) is 0 Å². The van der Waals surface area contributed by atoms with Crippen molar-refractivity contribution in [2.45, 2.75) is 556 Å². The number of aryl methyl sites for hydroxylation is 13. The molecule has 24 heteroatoms. The van der Waals surface area contributed by atoms with Crippen LogP contribution in [0, 0.1) is 94.7 Å². The molecule has 0 saturated heterocycles. The molecule has 24 nitrogen and oxygen atoms in total. The Bertz CT molecular complexity index is 3620. The Hall–Kier alpha value is -6.75. The molecule has 1 unspecified atom stereocenters. The summed E-state index contributed by atoms with van der Waals surface area (Å²) in [5.41, 5.74) is 8.34. The topological polar surface area (TPSA) is 243 Å². The summed E-state index contributed by atoms with van der Waals surface area (Å²) in [5.74, 6) is 12.5. The normalized spacial score (nSPS) is 12.6. The van der Waals surface area contributed by atoms with Crippen molar-refractivity contribution in [1.82, 2.24) is 105 Å². The highest BCUT2D eigenvalue weighted by Crippen LogP contribution is 2.21. The Morgan fingerprint density at radius 2 is 0.500 bits per heavy atom. The Labute approximate surface area is 861 Å². The van der Waals surface area contributed by atoms with Crippen LogP contribution >= 0.6 is 0 Å². The minimum Gasteiger partial charge on any atom is -0.252 e. The maximum absolute atomic E-state index is 4.30. The van der Waals surface area contributed by atoms with Gasteiger partial charge in [-0.2, -0.15) is 0 Å². The van der Waals surface area contributed by atoms with E-state index in [0.29, 0.717) is 17.9 Å². The third-order valence-electron chi connectivity index (χ3n) is 24.9. The van der Waals surface area contributed by atoms with E-state index >= 15 is 0 Å². The van der Waals surface area contributed by atoms with E-state index < -0.39 is 0 Å². The fourth-order valence-corrected chi connectivity index (χ4v) is 16.2. The van der Waals surface area contributed by atoms with E-state index in [1.165, 1.54) is 243 Å². The maximum atomic E-state index is 4.30. The Kier molecular flexibility index (Phi) is 78.2. The summed E-state index contributed by atoms with van der Waals surface area (Å²) >= 11 is 0. The Morgan fingerprint density at radius 3 is 0.850 bits per heavy atom. The lowest BCUT2D eigenvalue weighted by molar-refractivity contribution is -0.537.